The van der Waals surface area contributed by atoms with E-state index in [9.17, 15) is 4.79 Å². The zero-order chi connectivity index (χ0) is 12.3. The van der Waals surface area contributed by atoms with Crippen LogP contribution < -0.4 is 15.5 Å². The number of amides is 2. The molecule has 0 atom stereocenters. The molecule has 0 bridgehead atoms. The normalized spacial score (nSPS) is 14.2. The van der Waals surface area contributed by atoms with E-state index in [2.05, 4.69) is 15.6 Å². The van der Waals surface area contributed by atoms with Crippen molar-refractivity contribution < 1.29 is 9.53 Å². The highest BCUT2D eigenvalue weighted by Crippen LogP contribution is 2.25. The highest BCUT2D eigenvalue weighted by Gasteiger charge is 2.22. The number of pyridine rings is 1. The van der Waals surface area contributed by atoms with Crippen LogP contribution in [0.4, 0.5) is 16.3 Å². The van der Waals surface area contributed by atoms with Gasteiger partial charge < -0.3 is 15.4 Å². The number of fused-ring (bicyclic) bond motifs is 1. The van der Waals surface area contributed by atoms with E-state index in [1.54, 1.807) is 18.2 Å². The number of aromatic nitrogens is 1. The molecule has 2 rings (SSSR count). The first kappa shape index (κ1) is 11.7. The molecule has 0 saturated heterocycles. The average Bonchev–Trinajstić information content (AvgIpc) is 2.36. The number of anilines is 2. The maximum Gasteiger partial charge on any atom is 0.322 e. The Morgan fingerprint density at radius 3 is 3.18 bits per heavy atom. The summed E-state index contributed by atoms with van der Waals surface area (Å²) in [5.74, 6) is 0.707. The zero-order valence-corrected chi connectivity index (χ0v) is 9.99. The molecule has 0 aliphatic carbocycles. The van der Waals surface area contributed by atoms with Crippen LogP contribution in [0.2, 0.25) is 0 Å². The number of hydrogen-bond acceptors (Lipinski definition) is 4. The molecule has 0 aromatic carbocycles. The number of urea groups is 1. The van der Waals surface area contributed by atoms with Gasteiger partial charge in [0.15, 0.2) is 0 Å². The molecule has 2 amide bonds. The van der Waals surface area contributed by atoms with E-state index >= 15 is 0 Å². The molecule has 0 fully saturated rings. The Morgan fingerprint density at radius 2 is 2.47 bits per heavy atom. The lowest BCUT2D eigenvalue weighted by Crippen LogP contribution is -2.44. The summed E-state index contributed by atoms with van der Waals surface area (Å²) in [4.78, 5) is 17.6. The van der Waals surface area contributed by atoms with Crippen molar-refractivity contribution in [3.8, 4) is 0 Å². The number of carbonyl (C=O) groups is 1. The van der Waals surface area contributed by atoms with Gasteiger partial charge in [-0.3, -0.25) is 4.90 Å². The predicted octanol–water partition coefficient (Wildman–Crippen LogP) is 1.15. The monoisotopic (exact) mass is 236 g/mol. The quantitative estimate of drug-likeness (QED) is 0.769. The molecule has 0 spiro atoms. The zero-order valence-electron chi connectivity index (χ0n) is 9.99. The van der Waals surface area contributed by atoms with Gasteiger partial charge in [0.25, 0.3) is 0 Å². The van der Waals surface area contributed by atoms with E-state index in [-0.39, 0.29) is 6.03 Å². The predicted molar refractivity (Wildman–Crippen MR) is 65.0 cm³/mol. The van der Waals surface area contributed by atoms with Gasteiger partial charge in [-0.15, -0.1) is 0 Å². The molecule has 17 heavy (non-hydrogen) atoms. The minimum Gasteiger partial charge on any atom is -0.365 e. The Hall–Kier alpha value is -1.82. The minimum absolute atomic E-state index is 0.0658. The SMILES string of the molecule is CCN1C(=O)NCc2cnc(NCOC)cc21. The molecular formula is C11H16N4O2. The van der Waals surface area contributed by atoms with Crippen LogP contribution in [-0.4, -0.2) is 31.4 Å². The van der Waals surface area contributed by atoms with Crippen LogP contribution in [0.5, 0.6) is 0 Å². The summed E-state index contributed by atoms with van der Waals surface area (Å²) in [6.45, 7) is 3.50. The molecule has 1 aliphatic heterocycles. The standard InChI is InChI=1S/C11H16N4O2/c1-3-15-9-4-10(14-7-17-2)12-5-8(9)6-13-11(15)16/h4-5H,3,6-7H2,1-2H3,(H,12,14)(H,13,16). The van der Waals surface area contributed by atoms with Crippen LogP contribution in [0.25, 0.3) is 0 Å². The Kier molecular flexibility index (Phi) is 3.43. The van der Waals surface area contributed by atoms with E-state index < -0.39 is 0 Å². The fourth-order valence-electron chi connectivity index (χ4n) is 1.79. The van der Waals surface area contributed by atoms with E-state index in [1.165, 1.54) is 0 Å². The van der Waals surface area contributed by atoms with Crippen molar-refractivity contribution in [1.82, 2.24) is 10.3 Å². The second kappa shape index (κ2) is 5.01. The second-order valence-electron chi connectivity index (χ2n) is 3.71. The first-order valence-electron chi connectivity index (χ1n) is 5.53. The van der Waals surface area contributed by atoms with Gasteiger partial charge in [0.2, 0.25) is 0 Å². The van der Waals surface area contributed by atoms with E-state index in [0.717, 1.165) is 11.3 Å². The lowest BCUT2D eigenvalue weighted by molar-refractivity contribution is 0.221. The number of nitrogens with zero attached hydrogens (tertiary/aromatic N) is 2. The summed E-state index contributed by atoms with van der Waals surface area (Å²) in [7, 11) is 1.61. The van der Waals surface area contributed by atoms with Crippen LogP contribution in [0, 0.1) is 0 Å². The summed E-state index contributed by atoms with van der Waals surface area (Å²) >= 11 is 0. The lowest BCUT2D eigenvalue weighted by Gasteiger charge is -2.29. The van der Waals surface area contributed by atoms with Gasteiger partial charge >= 0.3 is 6.03 Å². The van der Waals surface area contributed by atoms with Crippen molar-refractivity contribution in [2.75, 3.05) is 30.6 Å². The number of hydrogen-bond donors (Lipinski definition) is 2. The number of nitrogens with one attached hydrogen (secondary N) is 2. The van der Waals surface area contributed by atoms with Crippen molar-refractivity contribution in [3.63, 3.8) is 0 Å². The molecule has 1 aromatic heterocycles. The molecule has 1 aromatic rings. The maximum absolute atomic E-state index is 11.7. The number of rotatable bonds is 4. The number of carbonyl (C=O) groups excluding carboxylic acids is 1. The van der Waals surface area contributed by atoms with Gasteiger partial charge in [0.1, 0.15) is 12.5 Å². The summed E-state index contributed by atoms with van der Waals surface area (Å²) in [6, 6.07) is 1.81. The molecule has 2 heterocycles. The van der Waals surface area contributed by atoms with Gasteiger partial charge in [-0.05, 0) is 6.92 Å². The van der Waals surface area contributed by atoms with Crippen molar-refractivity contribution in [1.29, 1.82) is 0 Å². The Labute approximate surface area is 100.0 Å². The van der Waals surface area contributed by atoms with Crippen molar-refractivity contribution in [2.24, 2.45) is 0 Å². The van der Waals surface area contributed by atoms with Gasteiger partial charge in [0.05, 0.1) is 5.69 Å². The molecule has 92 valence electrons. The van der Waals surface area contributed by atoms with Crippen LogP contribution in [-0.2, 0) is 11.3 Å². The van der Waals surface area contributed by atoms with Crippen LogP contribution >= 0.6 is 0 Å². The average molecular weight is 236 g/mol. The summed E-state index contributed by atoms with van der Waals surface area (Å²) in [5.41, 5.74) is 1.93. The number of ether oxygens (including phenoxy) is 1. The highest BCUT2D eigenvalue weighted by molar-refractivity contribution is 5.95. The fourth-order valence-corrected chi connectivity index (χ4v) is 1.79. The molecule has 0 saturated carbocycles. The van der Waals surface area contributed by atoms with Gasteiger partial charge in [-0.1, -0.05) is 0 Å². The molecule has 0 radical (unpaired) electrons. The van der Waals surface area contributed by atoms with E-state index in [4.69, 9.17) is 4.74 Å². The molecule has 1 aliphatic rings. The first-order chi connectivity index (χ1) is 8.26. The first-order valence-corrected chi connectivity index (χ1v) is 5.53. The van der Waals surface area contributed by atoms with Crippen LogP contribution in [0.3, 0.4) is 0 Å². The van der Waals surface area contributed by atoms with Gasteiger partial charge in [-0.2, -0.15) is 0 Å². The topological polar surface area (TPSA) is 66.5 Å². The fraction of sp³-hybridized carbons (Fsp3) is 0.455. The third-order valence-corrected chi connectivity index (χ3v) is 2.64. The van der Waals surface area contributed by atoms with Crippen molar-refractivity contribution >= 4 is 17.5 Å². The molecule has 0 unspecified atom stereocenters. The molecule has 6 nitrogen and oxygen atoms in total. The lowest BCUT2D eigenvalue weighted by atomic mass is 10.1. The van der Waals surface area contributed by atoms with Gasteiger partial charge in [0, 0.05) is 38.0 Å². The summed E-state index contributed by atoms with van der Waals surface area (Å²) < 4.78 is 4.92. The van der Waals surface area contributed by atoms with Crippen LogP contribution in [0.15, 0.2) is 12.3 Å². The highest BCUT2D eigenvalue weighted by atomic mass is 16.5. The smallest absolute Gasteiger partial charge is 0.322 e. The van der Waals surface area contributed by atoms with Crippen molar-refractivity contribution in [2.45, 2.75) is 13.5 Å². The Morgan fingerprint density at radius 1 is 1.65 bits per heavy atom. The molecule has 6 heteroatoms. The summed E-state index contributed by atoms with van der Waals surface area (Å²) in [5, 5.41) is 5.82. The second-order valence-corrected chi connectivity index (χ2v) is 3.71. The van der Waals surface area contributed by atoms with E-state index in [0.29, 0.717) is 25.6 Å². The molecule has 2 N–H and O–H groups in total. The van der Waals surface area contributed by atoms with E-state index in [1.807, 2.05) is 13.0 Å². The largest absolute Gasteiger partial charge is 0.365 e. The van der Waals surface area contributed by atoms with Crippen molar-refractivity contribution in [3.05, 3.63) is 17.8 Å². The third-order valence-electron chi connectivity index (χ3n) is 2.64. The maximum atomic E-state index is 11.7. The van der Waals surface area contributed by atoms with Crippen LogP contribution in [0.1, 0.15) is 12.5 Å². The number of methoxy groups -OCH3 is 1. The Bertz CT molecular complexity index is 422. The Balaban J connectivity index is 2.28. The molecular weight excluding hydrogens is 220 g/mol. The van der Waals surface area contributed by atoms with Gasteiger partial charge in [-0.25, -0.2) is 9.78 Å². The minimum atomic E-state index is -0.0658. The third kappa shape index (κ3) is 2.31. The summed E-state index contributed by atoms with van der Waals surface area (Å²) in [6.07, 6.45) is 1.77.